The summed E-state index contributed by atoms with van der Waals surface area (Å²) in [6, 6.07) is 0.315. The van der Waals surface area contributed by atoms with E-state index in [1.54, 1.807) is 13.8 Å². The Hall–Kier alpha value is -9.98. The number of fused-ring (bicyclic) bond motifs is 13. The number of rotatable bonds is 8. The molecule has 0 radical (unpaired) electrons. The molecule has 28 nitrogen and oxygen atoms in total. The van der Waals surface area contributed by atoms with Crippen LogP contribution >= 0.6 is 34.0 Å². The van der Waals surface area contributed by atoms with E-state index in [2.05, 4.69) is 101 Å². The van der Waals surface area contributed by atoms with E-state index in [-0.39, 0.29) is 98.2 Å². The molecule has 6 aromatic heterocycles. The number of pyridine rings is 1. The van der Waals surface area contributed by atoms with Crippen LogP contribution in [-0.4, -0.2) is 153 Å². The first-order valence-electron chi connectivity index (χ1n) is 23.3. The number of carbonyl (C=O) groups is 2. The lowest BCUT2D eigenvalue weighted by molar-refractivity contribution is -0.115. The highest BCUT2D eigenvalue weighted by atomic mass is 32.1. The van der Waals surface area contributed by atoms with Crippen LogP contribution in [0.4, 0.5) is 0 Å². The highest BCUT2D eigenvalue weighted by molar-refractivity contribution is 7.13. The van der Waals surface area contributed by atoms with E-state index in [1.807, 2.05) is 0 Å². The highest BCUT2D eigenvalue weighted by Crippen LogP contribution is 2.34. The standard InChI is InChI=1S/C50H47N15O13S3/c1-10-28-48-65-36(26(9)78-48)45(75)52-14-34-58-31(16-79-34)42(72)57-24(7)49-62-32(17-80-49)43(73)55-22(5)40(70)56-23(6)47-61-30(15-77-47)37-27(50-63-33(18-81-50)44(74)64-35(25(8)67)46(76)60-28)11-12-29(59-37)41(71)54-21(4)39(69)53-20(3)38(68)51-13-19(2)66/h10-12,15-18,24-25,35,67H,3-6,13-14H2,1-2,7-9H3,(H,51,68)(H,52,75)(H,53,69)(H,54,71)(H,55,73)(H,56,70)(H,57,72)(H,60,76)(H,64,74). The molecule has 3 atom stereocenters. The summed E-state index contributed by atoms with van der Waals surface area (Å²) in [5.41, 5.74) is -2.18. The van der Waals surface area contributed by atoms with Gasteiger partial charge in [-0.1, -0.05) is 32.4 Å². The van der Waals surface area contributed by atoms with Crippen molar-refractivity contribution in [1.29, 1.82) is 0 Å². The summed E-state index contributed by atoms with van der Waals surface area (Å²) in [7, 11) is 0. The number of amides is 1. The van der Waals surface area contributed by atoms with Gasteiger partial charge in [0, 0.05) is 21.7 Å². The van der Waals surface area contributed by atoms with Gasteiger partial charge in [0.2, 0.25) is 59.0 Å². The normalized spacial score (nSPS) is 17.2. The van der Waals surface area contributed by atoms with Crippen molar-refractivity contribution in [2.24, 2.45) is 39.9 Å². The molecule has 10 bridgehead atoms. The molecule has 0 aromatic carbocycles. The quantitative estimate of drug-likeness (QED) is 0.0514. The van der Waals surface area contributed by atoms with E-state index in [0.29, 0.717) is 10.0 Å². The Bertz CT molecular complexity index is 3810. The van der Waals surface area contributed by atoms with Crippen LogP contribution in [0.5, 0.6) is 0 Å². The minimum Gasteiger partial charge on any atom is -0.495 e. The number of carbonyl (C=O) groups excluding carboxylic acids is 2. The van der Waals surface area contributed by atoms with Gasteiger partial charge >= 0.3 is 0 Å². The number of nitrogens with zero attached hydrogens (tertiary/aromatic N) is 14. The molecule has 0 saturated heterocycles. The van der Waals surface area contributed by atoms with E-state index in [9.17, 15) is 55.5 Å². The van der Waals surface area contributed by atoms with Crippen molar-refractivity contribution in [2.45, 2.75) is 59.4 Å². The van der Waals surface area contributed by atoms with Crippen LogP contribution in [0.15, 0.2) is 133 Å². The lowest BCUT2D eigenvalue weighted by Crippen LogP contribution is -2.31. The topological polar surface area (TPSA) is 431 Å². The van der Waals surface area contributed by atoms with Gasteiger partial charge in [-0.3, -0.25) is 9.59 Å². The van der Waals surface area contributed by atoms with Crippen molar-refractivity contribution in [2.75, 3.05) is 6.54 Å². The summed E-state index contributed by atoms with van der Waals surface area (Å²) in [5, 5.41) is 105. The molecule has 31 heteroatoms. The summed E-state index contributed by atoms with van der Waals surface area (Å²) in [4.78, 5) is 83.4. The smallest absolute Gasteiger partial charge is 0.274 e. The van der Waals surface area contributed by atoms with E-state index in [1.165, 1.54) is 55.1 Å². The maximum atomic E-state index is 13.7. The Labute approximate surface area is 469 Å². The largest absolute Gasteiger partial charge is 0.495 e. The molecule has 0 saturated carbocycles. The first-order chi connectivity index (χ1) is 38.4. The summed E-state index contributed by atoms with van der Waals surface area (Å²) in [6.07, 6.45) is 1.06. The molecule has 10 N–H and O–H groups in total. The van der Waals surface area contributed by atoms with Crippen LogP contribution in [-0.2, 0) is 11.3 Å². The Balaban J connectivity index is 1.28. The number of hydrogen-bond acceptors (Lipinski definition) is 22. The van der Waals surface area contributed by atoms with Crippen molar-refractivity contribution in [3.63, 3.8) is 0 Å². The number of aliphatic hydroxyl groups excluding tert-OH is 9. The lowest BCUT2D eigenvalue weighted by atomic mass is 10.1. The van der Waals surface area contributed by atoms with Gasteiger partial charge in [-0.25, -0.2) is 69.8 Å². The molecular weight excluding hydrogens is 1110 g/mol. The number of hydrogen-bond donors (Lipinski definition) is 10. The fourth-order valence-corrected chi connectivity index (χ4v) is 8.84. The van der Waals surface area contributed by atoms with E-state index >= 15 is 0 Å². The molecular formula is C50H47N15O13S3. The fourth-order valence-electron chi connectivity index (χ4n) is 6.53. The molecule has 0 fully saturated rings. The van der Waals surface area contributed by atoms with Gasteiger partial charge in [0.25, 0.3) is 5.91 Å². The molecule has 418 valence electrons. The monoisotopic (exact) mass is 1160 g/mol. The number of Topliss-reactive ketones (excluding diaryl/α,β-unsaturated/α-hetero) is 1. The second-order valence-corrected chi connectivity index (χ2v) is 19.5. The number of ketones is 1. The number of aromatic nitrogens is 6. The van der Waals surface area contributed by atoms with Crippen molar-refractivity contribution >= 4 is 104 Å². The second-order valence-electron chi connectivity index (χ2n) is 16.8. The van der Waals surface area contributed by atoms with Crippen molar-refractivity contribution in [1.82, 2.24) is 35.2 Å². The Morgan fingerprint density at radius 1 is 0.802 bits per heavy atom. The molecule has 81 heavy (non-hydrogen) atoms. The van der Waals surface area contributed by atoms with Gasteiger partial charge in [-0.05, 0) is 46.8 Å². The SMILES string of the molecule is C=C(N=C(O)C(=C)NC(=O)c1ccc2c(n1)-c1coc(n1)C(=C)N=C(O)C(=C)N=C(O)c1csc(n1)C(C)N=C(O)c1csc(n1)CN=C(O)c1nc(oc1C)C(=CC)N=C(O)C(C(C)O)N=C(O)c1csc-2n1)C(O)=NCC(C)=O. The third kappa shape index (κ3) is 14.2. The highest BCUT2D eigenvalue weighted by Gasteiger charge is 2.27. The van der Waals surface area contributed by atoms with Crippen LogP contribution < -0.4 is 5.32 Å². The Morgan fingerprint density at radius 3 is 2.20 bits per heavy atom. The maximum absolute atomic E-state index is 13.7. The third-order valence-electron chi connectivity index (χ3n) is 10.6. The molecule has 1 aliphatic rings. The number of oxazole rings is 2. The van der Waals surface area contributed by atoms with Crippen molar-refractivity contribution < 1.29 is 64.4 Å². The third-order valence-corrected chi connectivity index (χ3v) is 13.3. The molecule has 6 aromatic rings. The molecule has 7 heterocycles. The van der Waals surface area contributed by atoms with E-state index in [0.717, 1.165) is 40.3 Å². The summed E-state index contributed by atoms with van der Waals surface area (Å²) in [5.74, 6) is -7.34. The summed E-state index contributed by atoms with van der Waals surface area (Å²) < 4.78 is 11.4. The van der Waals surface area contributed by atoms with Gasteiger partial charge < -0.3 is 60.1 Å². The first-order valence-corrected chi connectivity index (χ1v) is 25.9. The summed E-state index contributed by atoms with van der Waals surface area (Å²) in [6.45, 7) is 21.2. The van der Waals surface area contributed by atoms with Crippen LogP contribution in [0.1, 0.15) is 94.6 Å². The van der Waals surface area contributed by atoms with Crippen LogP contribution in [0.2, 0.25) is 0 Å². The molecule has 7 rings (SSSR count). The van der Waals surface area contributed by atoms with E-state index in [4.69, 9.17) is 8.83 Å². The van der Waals surface area contributed by atoms with Gasteiger partial charge in [0.15, 0.2) is 17.5 Å². The van der Waals surface area contributed by atoms with Gasteiger partial charge in [-0.2, -0.15) is 0 Å². The van der Waals surface area contributed by atoms with Crippen LogP contribution in [0, 0.1) is 6.92 Å². The van der Waals surface area contributed by atoms with Gasteiger partial charge in [-0.15, -0.1) is 34.0 Å². The lowest BCUT2D eigenvalue weighted by Gasteiger charge is -2.14. The maximum Gasteiger partial charge on any atom is 0.274 e. The number of allylic oxidation sites excluding steroid dienone is 1. The number of nitrogens with one attached hydrogen (secondary N) is 1. The predicted molar refractivity (Wildman–Crippen MR) is 304 cm³/mol. The minimum absolute atomic E-state index is 0.0313. The minimum atomic E-state index is -1.60. The molecule has 3 unspecified atom stereocenters. The molecule has 1 aliphatic heterocycles. The zero-order valence-corrected chi connectivity index (χ0v) is 45.6. The van der Waals surface area contributed by atoms with E-state index < -0.39 is 88.4 Å². The number of aryl methyl sites for hydroxylation is 1. The fraction of sp³-hybridized carbons (Fsp3) is 0.200. The Kier molecular flexibility index (Phi) is 18.3. The Morgan fingerprint density at radius 2 is 1.48 bits per heavy atom. The van der Waals surface area contributed by atoms with Crippen LogP contribution in [0.25, 0.3) is 33.4 Å². The van der Waals surface area contributed by atoms with Crippen LogP contribution in [0.3, 0.4) is 0 Å². The molecule has 0 spiro atoms. The zero-order chi connectivity index (χ0) is 59.0. The first kappa shape index (κ1) is 58.7. The van der Waals surface area contributed by atoms with Crippen molar-refractivity contribution in [3.8, 4) is 22.0 Å². The van der Waals surface area contributed by atoms with Gasteiger partial charge in [0.05, 0.1) is 18.3 Å². The number of thiazole rings is 3. The predicted octanol–water partition coefficient (Wildman–Crippen LogP) is 7.73. The number of aliphatic hydroxyl groups is 9. The average Bonchev–Trinajstić information content (AvgIpc) is 4.37. The summed E-state index contributed by atoms with van der Waals surface area (Å²) >= 11 is 3.16. The average molecular weight is 1160 g/mol. The zero-order valence-electron chi connectivity index (χ0n) is 43.2. The second kappa shape index (κ2) is 25.2. The molecule has 0 aliphatic carbocycles. The number of aliphatic imine (C=N–C) groups is 8. The van der Waals surface area contributed by atoms with Gasteiger partial charge in [0.1, 0.15) is 96.6 Å². The van der Waals surface area contributed by atoms with Crippen molar-refractivity contribution in [3.05, 3.63) is 140 Å². The molecule has 1 amide bonds.